The fourth-order valence-electron chi connectivity index (χ4n) is 2.41. The average Bonchev–Trinajstić information content (AvgIpc) is 2.76. The lowest BCUT2D eigenvalue weighted by Gasteiger charge is -2.08. The lowest BCUT2D eigenvalue weighted by atomic mass is 10.2. The third-order valence-corrected chi connectivity index (χ3v) is 4.40. The van der Waals surface area contributed by atoms with Crippen LogP contribution in [0, 0.1) is 0 Å². The number of nitrogens with zero attached hydrogens (tertiary/aromatic N) is 1. The summed E-state index contributed by atoms with van der Waals surface area (Å²) in [5, 5.41) is 3.97. The summed E-state index contributed by atoms with van der Waals surface area (Å²) in [6.07, 6.45) is 1.42. The van der Waals surface area contributed by atoms with Gasteiger partial charge in [0.25, 0.3) is 5.91 Å². The number of hydrogen-bond acceptors (Lipinski definition) is 5. The summed E-state index contributed by atoms with van der Waals surface area (Å²) >= 11 is 3.38. The molecular weight excluding hydrogens is 436 g/mol. The van der Waals surface area contributed by atoms with Crippen LogP contribution in [0.4, 0.5) is 0 Å². The number of halogens is 1. The molecule has 146 valence electrons. The minimum Gasteiger partial charge on any atom is -0.497 e. The molecule has 1 N–H and O–H groups in total. The number of amides is 1. The van der Waals surface area contributed by atoms with Crippen LogP contribution in [0.3, 0.4) is 0 Å². The van der Waals surface area contributed by atoms with Gasteiger partial charge in [-0.15, -0.1) is 0 Å². The van der Waals surface area contributed by atoms with Crippen molar-refractivity contribution < 1.29 is 19.1 Å². The molecule has 0 unspecified atom stereocenters. The molecule has 0 radical (unpaired) electrons. The first-order chi connectivity index (χ1) is 14.1. The minimum absolute atomic E-state index is 0.312. The van der Waals surface area contributed by atoms with Crippen LogP contribution >= 0.6 is 15.9 Å². The summed E-state index contributed by atoms with van der Waals surface area (Å²) < 4.78 is 11.4. The van der Waals surface area contributed by atoms with E-state index in [1.807, 2.05) is 6.07 Å². The molecule has 1 amide bonds. The summed E-state index contributed by atoms with van der Waals surface area (Å²) in [5.41, 5.74) is 3.85. The predicted molar refractivity (Wildman–Crippen MR) is 114 cm³/mol. The van der Waals surface area contributed by atoms with E-state index < -0.39 is 5.97 Å². The molecule has 3 rings (SSSR count). The molecule has 3 aromatic carbocycles. The van der Waals surface area contributed by atoms with E-state index >= 15 is 0 Å². The van der Waals surface area contributed by atoms with E-state index in [2.05, 4.69) is 26.5 Å². The van der Waals surface area contributed by atoms with Crippen LogP contribution in [0.15, 0.2) is 82.4 Å². The van der Waals surface area contributed by atoms with Crippen molar-refractivity contribution in [1.82, 2.24) is 5.43 Å². The molecule has 0 heterocycles. The van der Waals surface area contributed by atoms with E-state index in [0.717, 1.165) is 4.47 Å². The Bertz CT molecular complexity index is 1030. The van der Waals surface area contributed by atoms with E-state index in [1.165, 1.54) is 6.21 Å². The number of carbonyl (C=O) groups is 2. The smallest absolute Gasteiger partial charge is 0.343 e. The number of hydrazone groups is 1. The van der Waals surface area contributed by atoms with E-state index in [0.29, 0.717) is 28.2 Å². The first-order valence-electron chi connectivity index (χ1n) is 8.61. The van der Waals surface area contributed by atoms with Crippen LogP contribution in [0.25, 0.3) is 0 Å². The summed E-state index contributed by atoms with van der Waals surface area (Å²) in [5.74, 6) is 0.102. The second-order valence-corrected chi connectivity index (χ2v) is 6.78. The predicted octanol–water partition coefficient (Wildman–Crippen LogP) is 4.44. The van der Waals surface area contributed by atoms with Gasteiger partial charge in [0.1, 0.15) is 11.5 Å². The molecule has 3 aromatic rings. The number of carbonyl (C=O) groups excluding carboxylic acids is 2. The topological polar surface area (TPSA) is 77.0 Å². The molecule has 0 aliphatic heterocycles. The van der Waals surface area contributed by atoms with Crippen molar-refractivity contribution in [2.24, 2.45) is 5.10 Å². The Morgan fingerprint density at radius 3 is 2.38 bits per heavy atom. The molecule has 0 saturated carbocycles. The molecule has 0 aliphatic rings. The van der Waals surface area contributed by atoms with Gasteiger partial charge >= 0.3 is 5.97 Å². The van der Waals surface area contributed by atoms with Crippen LogP contribution in [-0.2, 0) is 0 Å². The molecule has 0 atom stereocenters. The number of nitrogens with one attached hydrogen (secondary N) is 1. The molecule has 0 fully saturated rings. The first-order valence-corrected chi connectivity index (χ1v) is 9.40. The van der Waals surface area contributed by atoms with Gasteiger partial charge < -0.3 is 9.47 Å². The van der Waals surface area contributed by atoms with E-state index in [4.69, 9.17) is 9.47 Å². The van der Waals surface area contributed by atoms with Gasteiger partial charge in [0.05, 0.1) is 18.9 Å². The molecule has 0 aromatic heterocycles. The highest BCUT2D eigenvalue weighted by molar-refractivity contribution is 9.10. The Kier molecular flexibility index (Phi) is 6.76. The van der Waals surface area contributed by atoms with Crippen LogP contribution in [0.5, 0.6) is 11.5 Å². The van der Waals surface area contributed by atoms with Crippen molar-refractivity contribution in [3.05, 3.63) is 94.0 Å². The summed E-state index contributed by atoms with van der Waals surface area (Å²) in [7, 11) is 1.55. The number of benzene rings is 3. The van der Waals surface area contributed by atoms with Gasteiger partial charge in [0.15, 0.2) is 0 Å². The summed E-state index contributed by atoms with van der Waals surface area (Å²) in [6, 6.07) is 20.5. The van der Waals surface area contributed by atoms with Crippen LogP contribution in [0.1, 0.15) is 26.3 Å². The SMILES string of the molecule is COc1ccc(C(=O)Oc2ccc(Br)cc2/C=N\NC(=O)c2ccccc2)cc1. The average molecular weight is 453 g/mol. The van der Waals surface area contributed by atoms with Gasteiger partial charge in [0.2, 0.25) is 0 Å². The highest BCUT2D eigenvalue weighted by Crippen LogP contribution is 2.23. The largest absolute Gasteiger partial charge is 0.497 e. The van der Waals surface area contributed by atoms with Gasteiger partial charge in [-0.25, -0.2) is 10.2 Å². The van der Waals surface area contributed by atoms with E-state index in [9.17, 15) is 9.59 Å². The lowest BCUT2D eigenvalue weighted by molar-refractivity contribution is 0.0734. The van der Waals surface area contributed by atoms with Crippen molar-refractivity contribution in [3.8, 4) is 11.5 Å². The molecule has 6 nitrogen and oxygen atoms in total. The van der Waals surface area contributed by atoms with Crippen molar-refractivity contribution in [3.63, 3.8) is 0 Å². The maximum atomic E-state index is 12.4. The van der Waals surface area contributed by atoms with Crippen molar-refractivity contribution in [1.29, 1.82) is 0 Å². The Morgan fingerprint density at radius 1 is 0.966 bits per heavy atom. The highest BCUT2D eigenvalue weighted by Gasteiger charge is 2.12. The maximum absolute atomic E-state index is 12.4. The summed E-state index contributed by atoms with van der Waals surface area (Å²) in [6.45, 7) is 0. The van der Waals surface area contributed by atoms with Gasteiger partial charge in [-0.3, -0.25) is 4.79 Å². The third kappa shape index (κ3) is 5.52. The molecular formula is C22H17BrN2O4. The number of methoxy groups -OCH3 is 1. The van der Waals surface area contributed by atoms with Gasteiger partial charge in [-0.1, -0.05) is 34.1 Å². The zero-order valence-corrected chi connectivity index (χ0v) is 17.0. The van der Waals surface area contributed by atoms with Gasteiger partial charge in [-0.05, 0) is 54.6 Å². The quantitative estimate of drug-likeness (QED) is 0.259. The van der Waals surface area contributed by atoms with Crippen molar-refractivity contribution in [2.45, 2.75) is 0 Å². The molecule has 0 saturated heterocycles. The monoisotopic (exact) mass is 452 g/mol. The van der Waals surface area contributed by atoms with Crippen LogP contribution in [0.2, 0.25) is 0 Å². The van der Waals surface area contributed by atoms with E-state index in [-0.39, 0.29) is 5.91 Å². The second-order valence-electron chi connectivity index (χ2n) is 5.87. The fourth-order valence-corrected chi connectivity index (χ4v) is 2.79. The Morgan fingerprint density at radius 2 is 1.69 bits per heavy atom. The first kappa shape index (κ1) is 20.3. The Labute approximate surface area is 176 Å². The number of esters is 1. The van der Waals surface area contributed by atoms with Crippen LogP contribution < -0.4 is 14.9 Å². The molecule has 0 spiro atoms. The van der Waals surface area contributed by atoms with Crippen molar-refractivity contribution in [2.75, 3.05) is 7.11 Å². The zero-order chi connectivity index (χ0) is 20.6. The standard InChI is InChI=1S/C22H17BrN2O4/c1-28-19-10-7-16(8-11-19)22(27)29-20-12-9-18(23)13-17(20)14-24-25-21(26)15-5-3-2-4-6-15/h2-14H,1H3,(H,25,26)/b24-14-. The fraction of sp³-hybridized carbons (Fsp3) is 0.0455. The molecule has 7 heteroatoms. The molecule has 0 bridgehead atoms. The lowest BCUT2D eigenvalue weighted by Crippen LogP contribution is -2.17. The van der Waals surface area contributed by atoms with Crippen molar-refractivity contribution >= 4 is 34.0 Å². The molecule has 29 heavy (non-hydrogen) atoms. The highest BCUT2D eigenvalue weighted by atomic mass is 79.9. The molecule has 0 aliphatic carbocycles. The second kappa shape index (κ2) is 9.66. The van der Waals surface area contributed by atoms with Crippen LogP contribution in [-0.4, -0.2) is 25.2 Å². The normalized spacial score (nSPS) is 10.6. The Balaban J connectivity index is 1.73. The Hall–Kier alpha value is -3.45. The number of ether oxygens (including phenoxy) is 2. The summed E-state index contributed by atoms with van der Waals surface area (Å²) in [4.78, 5) is 24.5. The number of rotatable bonds is 6. The van der Waals surface area contributed by atoms with Gasteiger partial charge in [0, 0.05) is 15.6 Å². The van der Waals surface area contributed by atoms with E-state index in [1.54, 1.807) is 73.8 Å². The van der Waals surface area contributed by atoms with Gasteiger partial charge in [-0.2, -0.15) is 5.10 Å². The third-order valence-electron chi connectivity index (χ3n) is 3.91. The maximum Gasteiger partial charge on any atom is 0.343 e. The number of hydrogen-bond donors (Lipinski definition) is 1. The minimum atomic E-state index is -0.516. The zero-order valence-electron chi connectivity index (χ0n) is 15.5.